The van der Waals surface area contributed by atoms with E-state index in [-0.39, 0.29) is 11.8 Å². The van der Waals surface area contributed by atoms with Gasteiger partial charge in [-0.25, -0.2) is 0 Å². The first kappa shape index (κ1) is 10.6. The van der Waals surface area contributed by atoms with Gasteiger partial charge < -0.3 is 0 Å². The first-order chi connectivity index (χ1) is 7.15. The Hall–Kier alpha value is -0.900. The van der Waals surface area contributed by atoms with Crippen LogP contribution in [0.25, 0.3) is 0 Å². The molecule has 1 aliphatic heterocycles. The van der Waals surface area contributed by atoms with Crippen LogP contribution in [0.3, 0.4) is 0 Å². The Kier molecular flexibility index (Phi) is 2.78. The molecule has 0 atom stereocenters. The molecule has 0 bridgehead atoms. The Morgan fingerprint density at radius 3 is 2.27 bits per heavy atom. The van der Waals surface area contributed by atoms with E-state index in [0.29, 0.717) is 6.54 Å². The van der Waals surface area contributed by atoms with Crippen LogP contribution >= 0.6 is 0 Å². The summed E-state index contributed by atoms with van der Waals surface area (Å²) < 4.78 is 0. The molecule has 2 amide bonds. The van der Waals surface area contributed by atoms with Gasteiger partial charge in [0.15, 0.2) is 0 Å². The quantitative estimate of drug-likeness (QED) is 0.598. The Labute approximate surface area is 90.0 Å². The first-order valence-electron chi connectivity index (χ1n) is 5.71. The molecule has 1 saturated heterocycles. The van der Waals surface area contributed by atoms with Crippen LogP contribution in [0.4, 0.5) is 0 Å². The van der Waals surface area contributed by atoms with Crippen LogP contribution < -0.4 is 5.32 Å². The summed E-state index contributed by atoms with van der Waals surface area (Å²) in [6, 6.07) is 0. The van der Waals surface area contributed by atoms with Crippen molar-refractivity contribution in [1.82, 2.24) is 10.2 Å². The number of nitrogens with zero attached hydrogens (tertiary/aromatic N) is 1. The second kappa shape index (κ2) is 3.93. The number of hydrogen-bond acceptors (Lipinski definition) is 3. The number of hydrogen-bond donors (Lipinski definition) is 1. The molecule has 2 rings (SSSR count). The second-order valence-corrected chi connectivity index (χ2v) is 4.68. The van der Waals surface area contributed by atoms with Crippen molar-refractivity contribution >= 4 is 11.8 Å². The van der Waals surface area contributed by atoms with Crippen LogP contribution in [0.5, 0.6) is 0 Å². The van der Waals surface area contributed by atoms with Crippen molar-refractivity contribution in [2.75, 3.05) is 13.6 Å². The fourth-order valence-corrected chi connectivity index (χ4v) is 2.74. The van der Waals surface area contributed by atoms with Gasteiger partial charge >= 0.3 is 0 Å². The minimum Gasteiger partial charge on any atom is -0.294 e. The predicted molar refractivity (Wildman–Crippen MR) is 56.2 cm³/mol. The van der Waals surface area contributed by atoms with Gasteiger partial charge in [0, 0.05) is 0 Å². The molecule has 0 radical (unpaired) electrons. The van der Waals surface area contributed by atoms with E-state index in [1.54, 1.807) is 0 Å². The molecule has 0 unspecified atom stereocenters. The van der Waals surface area contributed by atoms with E-state index in [4.69, 9.17) is 0 Å². The number of carbonyl (C=O) groups excluding carboxylic acids is 2. The maximum absolute atomic E-state index is 12.0. The van der Waals surface area contributed by atoms with Gasteiger partial charge in [-0.1, -0.05) is 25.7 Å². The third kappa shape index (κ3) is 1.78. The fourth-order valence-electron chi connectivity index (χ4n) is 2.74. The maximum atomic E-state index is 12.0. The molecule has 1 saturated carbocycles. The van der Waals surface area contributed by atoms with Gasteiger partial charge in [0.25, 0.3) is 0 Å². The highest BCUT2D eigenvalue weighted by molar-refractivity contribution is 6.03. The molecule has 15 heavy (non-hydrogen) atoms. The van der Waals surface area contributed by atoms with Crippen LogP contribution in [0.2, 0.25) is 0 Å². The zero-order valence-corrected chi connectivity index (χ0v) is 9.21. The van der Waals surface area contributed by atoms with Crippen LogP contribution in [0.15, 0.2) is 0 Å². The SMILES string of the molecule is CN1CC(=O)NC(=O)C12CCCCCC2. The van der Waals surface area contributed by atoms with Gasteiger partial charge in [-0.3, -0.25) is 19.8 Å². The summed E-state index contributed by atoms with van der Waals surface area (Å²) in [6.45, 7) is 0.353. The Morgan fingerprint density at radius 2 is 1.73 bits per heavy atom. The fraction of sp³-hybridized carbons (Fsp3) is 0.818. The Bertz CT molecular complexity index is 280. The average molecular weight is 210 g/mol. The molecule has 1 aliphatic carbocycles. The molecule has 0 aromatic heterocycles. The minimum atomic E-state index is -0.398. The monoisotopic (exact) mass is 210 g/mol. The van der Waals surface area contributed by atoms with Crippen LogP contribution in [0, 0.1) is 0 Å². The minimum absolute atomic E-state index is 0.0804. The Balaban J connectivity index is 2.22. The summed E-state index contributed by atoms with van der Waals surface area (Å²) >= 11 is 0. The Morgan fingerprint density at radius 1 is 1.13 bits per heavy atom. The van der Waals surface area contributed by atoms with Crippen molar-refractivity contribution in [3.05, 3.63) is 0 Å². The van der Waals surface area contributed by atoms with Crippen LogP contribution in [0.1, 0.15) is 38.5 Å². The van der Waals surface area contributed by atoms with E-state index < -0.39 is 5.54 Å². The summed E-state index contributed by atoms with van der Waals surface area (Å²) in [4.78, 5) is 25.1. The van der Waals surface area contributed by atoms with E-state index in [1.165, 1.54) is 12.8 Å². The van der Waals surface area contributed by atoms with Crippen molar-refractivity contribution < 1.29 is 9.59 Å². The second-order valence-electron chi connectivity index (χ2n) is 4.68. The van der Waals surface area contributed by atoms with Gasteiger partial charge in [0.2, 0.25) is 11.8 Å². The summed E-state index contributed by atoms with van der Waals surface area (Å²) in [5.74, 6) is -0.250. The normalized spacial score (nSPS) is 27.5. The highest BCUT2D eigenvalue weighted by atomic mass is 16.2. The van der Waals surface area contributed by atoms with Crippen molar-refractivity contribution in [3.63, 3.8) is 0 Å². The number of amides is 2. The maximum Gasteiger partial charge on any atom is 0.247 e. The lowest BCUT2D eigenvalue weighted by atomic mass is 9.86. The van der Waals surface area contributed by atoms with E-state index >= 15 is 0 Å². The zero-order chi connectivity index (χ0) is 10.9. The van der Waals surface area contributed by atoms with Crippen LogP contribution in [-0.2, 0) is 9.59 Å². The van der Waals surface area contributed by atoms with Crippen molar-refractivity contribution in [3.8, 4) is 0 Å². The summed E-state index contributed by atoms with van der Waals surface area (Å²) in [5, 5.41) is 2.48. The van der Waals surface area contributed by atoms with Gasteiger partial charge in [-0.2, -0.15) is 0 Å². The van der Waals surface area contributed by atoms with Gasteiger partial charge in [0.05, 0.1) is 6.54 Å². The van der Waals surface area contributed by atoms with Crippen molar-refractivity contribution in [1.29, 1.82) is 0 Å². The third-order valence-corrected chi connectivity index (χ3v) is 3.72. The van der Waals surface area contributed by atoms with Gasteiger partial charge in [-0.15, -0.1) is 0 Å². The molecule has 2 aliphatic rings. The molecule has 84 valence electrons. The van der Waals surface area contributed by atoms with Gasteiger partial charge in [0.1, 0.15) is 5.54 Å². The highest BCUT2D eigenvalue weighted by Gasteiger charge is 2.46. The first-order valence-corrected chi connectivity index (χ1v) is 5.71. The van der Waals surface area contributed by atoms with E-state index in [1.807, 2.05) is 11.9 Å². The zero-order valence-electron chi connectivity index (χ0n) is 9.21. The number of nitrogens with one attached hydrogen (secondary N) is 1. The molecular formula is C11H18N2O2. The largest absolute Gasteiger partial charge is 0.294 e. The lowest BCUT2D eigenvalue weighted by Crippen LogP contribution is -2.65. The molecule has 1 spiro atoms. The number of likely N-dealkylation sites (N-methyl/N-ethyl adjacent to an activating group) is 1. The van der Waals surface area contributed by atoms with Gasteiger partial charge in [-0.05, 0) is 19.9 Å². The molecule has 4 nitrogen and oxygen atoms in total. The van der Waals surface area contributed by atoms with E-state index in [9.17, 15) is 9.59 Å². The topological polar surface area (TPSA) is 49.4 Å². The van der Waals surface area contributed by atoms with Crippen molar-refractivity contribution in [2.24, 2.45) is 0 Å². The number of carbonyl (C=O) groups is 2. The number of rotatable bonds is 0. The average Bonchev–Trinajstić information content (AvgIpc) is 2.41. The molecule has 4 heteroatoms. The smallest absolute Gasteiger partial charge is 0.247 e. The molecular weight excluding hydrogens is 192 g/mol. The van der Waals surface area contributed by atoms with Crippen molar-refractivity contribution in [2.45, 2.75) is 44.1 Å². The summed E-state index contributed by atoms with van der Waals surface area (Å²) in [7, 11) is 1.89. The molecule has 0 aromatic rings. The molecule has 2 fully saturated rings. The van der Waals surface area contributed by atoms with E-state index in [2.05, 4.69) is 5.32 Å². The number of imide groups is 1. The lowest BCUT2D eigenvalue weighted by molar-refractivity contribution is -0.146. The van der Waals surface area contributed by atoms with E-state index in [0.717, 1.165) is 25.7 Å². The lowest BCUT2D eigenvalue weighted by Gasteiger charge is -2.42. The molecule has 1 N–H and O–H groups in total. The summed E-state index contributed by atoms with van der Waals surface area (Å²) in [6.07, 6.45) is 6.37. The van der Waals surface area contributed by atoms with Crippen LogP contribution in [-0.4, -0.2) is 35.8 Å². The predicted octanol–water partition coefficient (Wildman–Crippen LogP) is 0.668. The standard InChI is InChI=1S/C11H18N2O2/c1-13-8-9(14)12-10(15)11(13)6-4-2-3-5-7-11/h2-8H2,1H3,(H,12,14,15). The summed E-state index contributed by atoms with van der Waals surface area (Å²) in [5.41, 5.74) is -0.398. The molecule has 1 heterocycles. The highest BCUT2D eigenvalue weighted by Crippen LogP contribution is 2.33. The molecule has 0 aromatic carbocycles. The number of piperazine rings is 1. The third-order valence-electron chi connectivity index (χ3n) is 3.72.